The number of ether oxygens (including phenoxy) is 1. The number of hydrogen-bond donors (Lipinski definition) is 0. The van der Waals surface area contributed by atoms with Crippen LogP contribution in [0.4, 0.5) is 4.39 Å². The average Bonchev–Trinajstić information content (AvgIpc) is 2.43. The summed E-state index contributed by atoms with van der Waals surface area (Å²) in [4.78, 5) is 12.2. The Morgan fingerprint density at radius 1 is 1.25 bits per heavy atom. The molecular formula is C16H14BrFO2. The number of hydrogen-bond acceptors (Lipinski definition) is 2. The van der Waals surface area contributed by atoms with E-state index in [1.807, 2.05) is 6.92 Å². The number of ketones is 1. The number of carbonyl (C=O) groups excluding carboxylic acids is 1. The van der Waals surface area contributed by atoms with E-state index in [-0.39, 0.29) is 18.0 Å². The summed E-state index contributed by atoms with van der Waals surface area (Å²) in [6.45, 7) is 2.45. The van der Waals surface area contributed by atoms with Crippen LogP contribution in [0.15, 0.2) is 46.9 Å². The van der Waals surface area contributed by atoms with Gasteiger partial charge in [0.1, 0.15) is 11.6 Å². The minimum atomic E-state index is -0.356. The van der Waals surface area contributed by atoms with Gasteiger partial charge in [0.25, 0.3) is 0 Å². The molecule has 0 aliphatic heterocycles. The van der Waals surface area contributed by atoms with Crippen LogP contribution in [0, 0.1) is 5.82 Å². The molecule has 0 heterocycles. The lowest BCUT2D eigenvalue weighted by Gasteiger charge is -2.08. The van der Waals surface area contributed by atoms with Gasteiger partial charge in [-0.25, -0.2) is 4.39 Å². The van der Waals surface area contributed by atoms with Crippen molar-refractivity contribution in [1.29, 1.82) is 0 Å². The van der Waals surface area contributed by atoms with E-state index in [1.165, 1.54) is 6.07 Å². The summed E-state index contributed by atoms with van der Waals surface area (Å²) in [5, 5.41) is 0. The topological polar surface area (TPSA) is 26.3 Å². The van der Waals surface area contributed by atoms with Gasteiger partial charge in [-0.2, -0.15) is 0 Å². The molecule has 2 aromatic rings. The Morgan fingerprint density at radius 3 is 2.65 bits per heavy atom. The quantitative estimate of drug-likeness (QED) is 0.756. The maximum Gasteiger partial charge on any atom is 0.167 e. The Labute approximate surface area is 125 Å². The van der Waals surface area contributed by atoms with E-state index < -0.39 is 0 Å². The lowest BCUT2D eigenvalue weighted by molar-refractivity contribution is 0.0991. The van der Waals surface area contributed by atoms with E-state index in [2.05, 4.69) is 15.9 Å². The van der Waals surface area contributed by atoms with Crippen LogP contribution in [-0.2, 0) is 6.42 Å². The molecule has 2 rings (SSSR count). The molecule has 0 spiro atoms. The van der Waals surface area contributed by atoms with Crippen molar-refractivity contribution in [1.82, 2.24) is 0 Å². The number of rotatable bonds is 5. The van der Waals surface area contributed by atoms with Crippen LogP contribution in [0.5, 0.6) is 5.75 Å². The van der Waals surface area contributed by atoms with Crippen LogP contribution >= 0.6 is 15.9 Å². The second-order valence-corrected chi connectivity index (χ2v) is 5.12. The van der Waals surface area contributed by atoms with Crippen molar-refractivity contribution < 1.29 is 13.9 Å². The first-order chi connectivity index (χ1) is 9.61. The fraction of sp³-hybridized carbons (Fsp3) is 0.188. The minimum Gasteiger partial charge on any atom is -0.493 e. The van der Waals surface area contributed by atoms with E-state index in [9.17, 15) is 9.18 Å². The van der Waals surface area contributed by atoms with Crippen molar-refractivity contribution in [2.24, 2.45) is 0 Å². The molecule has 0 amide bonds. The zero-order valence-electron chi connectivity index (χ0n) is 11.0. The highest BCUT2D eigenvalue weighted by molar-refractivity contribution is 9.10. The standard InChI is InChI=1S/C16H14BrFO2/c1-2-20-16-8-7-12(9-13(16)17)15(19)10-11-5-3-4-6-14(11)18/h3-9H,2,10H2,1H3. The van der Waals surface area contributed by atoms with Crippen LogP contribution in [0.25, 0.3) is 0 Å². The zero-order valence-corrected chi connectivity index (χ0v) is 12.6. The smallest absolute Gasteiger partial charge is 0.167 e. The molecule has 0 bridgehead atoms. The van der Waals surface area contributed by atoms with Gasteiger partial charge in [-0.05, 0) is 52.7 Å². The fourth-order valence-corrected chi connectivity index (χ4v) is 2.36. The Hall–Kier alpha value is -1.68. The number of benzene rings is 2. The fourth-order valence-electron chi connectivity index (χ4n) is 1.86. The molecule has 0 saturated heterocycles. The van der Waals surface area contributed by atoms with Gasteiger partial charge in [0.2, 0.25) is 0 Å². The highest BCUT2D eigenvalue weighted by Crippen LogP contribution is 2.26. The molecule has 0 saturated carbocycles. The third kappa shape index (κ3) is 3.45. The summed E-state index contributed by atoms with van der Waals surface area (Å²) in [7, 11) is 0. The highest BCUT2D eigenvalue weighted by Gasteiger charge is 2.12. The molecule has 2 nitrogen and oxygen atoms in total. The van der Waals surface area contributed by atoms with Crippen LogP contribution in [0.3, 0.4) is 0 Å². The molecule has 2 aromatic carbocycles. The monoisotopic (exact) mass is 336 g/mol. The summed E-state index contributed by atoms with van der Waals surface area (Å²) in [5.41, 5.74) is 0.936. The Balaban J connectivity index is 2.18. The van der Waals surface area contributed by atoms with E-state index in [4.69, 9.17) is 4.74 Å². The summed E-state index contributed by atoms with van der Waals surface area (Å²) in [5.74, 6) is 0.208. The molecule has 0 aromatic heterocycles. The van der Waals surface area contributed by atoms with Crippen molar-refractivity contribution in [3.05, 3.63) is 63.9 Å². The van der Waals surface area contributed by atoms with E-state index in [0.717, 1.165) is 4.47 Å². The average molecular weight is 337 g/mol. The Morgan fingerprint density at radius 2 is 2.00 bits per heavy atom. The van der Waals surface area contributed by atoms with Crippen LogP contribution < -0.4 is 4.74 Å². The first-order valence-corrected chi connectivity index (χ1v) is 7.10. The summed E-state index contributed by atoms with van der Waals surface area (Å²) in [6.07, 6.45) is 0.0487. The minimum absolute atomic E-state index is 0.0487. The maximum atomic E-state index is 13.5. The van der Waals surface area contributed by atoms with Crippen LogP contribution in [0.2, 0.25) is 0 Å². The number of carbonyl (C=O) groups is 1. The predicted octanol–water partition coefficient (Wildman–Crippen LogP) is 4.41. The van der Waals surface area contributed by atoms with E-state index >= 15 is 0 Å². The molecule has 0 N–H and O–H groups in total. The second-order valence-electron chi connectivity index (χ2n) is 4.27. The summed E-state index contributed by atoms with van der Waals surface area (Å²) in [6, 6.07) is 11.4. The molecule has 0 radical (unpaired) electrons. The van der Waals surface area contributed by atoms with Crippen molar-refractivity contribution in [2.75, 3.05) is 6.61 Å². The van der Waals surface area contributed by atoms with Crippen molar-refractivity contribution in [3.8, 4) is 5.75 Å². The van der Waals surface area contributed by atoms with Gasteiger partial charge in [0.15, 0.2) is 5.78 Å². The number of Topliss-reactive ketones (excluding diaryl/α,β-unsaturated/α-hetero) is 1. The predicted molar refractivity (Wildman–Crippen MR) is 79.7 cm³/mol. The normalized spacial score (nSPS) is 10.3. The summed E-state index contributed by atoms with van der Waals surface area (Å²) < 4.78 is 19.6. The highest BCUT2D eigenvalue weighted by atomic mass is 79.9. The lowest BCUT2D eigenvalue weighted by Crippen LogP contribution is -2.05. The first kappa shape index (κ1) is 14.7. The van der Waals surface area contributed by atoms with Crippen molar-refractivity contribution >= 4 is 21.7 Å². The largest absolute Gasteiger partial charge is 0.493 e. The Kier molecular flexibility index (Phi) is 4.90. The van der Waals surface area contributed by atoms with Gasteiger partial charge in [-0.1, -0.05) is 18.2 Å². The van der Waals surface area contributed by atoms with Crippen LogP contribution in [-0.4, -0.2) is 12.4 Å². The van der Waals surface area contributed by atoms with Gasteiger partial charge < -0.3 is 4.74 Å². The molecule has 0 aliphatic rings. The van der Waals surface area contributed by atoms with Gasteiger partial charge in [0.05, 0.1) is 11.1 Å². The molecular weight excluding hydrogens is 323 g/mol. The number of halogens is 2. The van der Waals surface area contributed by atoms with Crippen molar-refractivity contribution in [2.45, 2.75) is 13.3 Å². The van der Waals surface area contributed by atoms with E-state index in [1.54, 1.807) is 36.4 Å². The summed E-state index contributed by atoms with van der Waals surface area (Å²) >= 11 is 3.37. The molecule has 4 heteroatoms. The van der Waals surface area contributed by atoms with Gasteiger partial charge >= 0.3 is 0 Å². The first-order valence-electron chi connectivity index (χ1n) is 6.30. The van der Waals surface area contributed by atoms with Crippen LogP contribution in [0.1, 0.15) is 22.8 Å². The third-order valence-corrected chi connectivity index (χ3v) is 3.48. The molecule has 0 fully saturated rings. The van der Waals surface area contributed by atoms with Gasteiger partial charge in [0, 0.05) is 12.0 Å². The molecule has 0 atom stereocenters. The molecule has 104 valence electrons. The maximum absolute atomic E-state index is 13.5. The lowest BCUT2D eigenvalue weighted by atomic mass is 10.0. The molecule has 0 aliphatic carbocycles. The van der Waals surface area contributed by atoms with E-state index in [0.29, 0.717) is 23.5 Å². The molecule has 0 unspecified atom stereocenters. The Bertz CT molecular complexity index is 626. The SMILES string of the molecule is CCOc1ccc(C(=O)Cc2ccccc2F)cc1Br. The third-order valence-electron chi connectivity index (χ3n) is 2.86. The zero-order chi connectivity index (χ0) is 14.5. The van der Waals surface area contributed by atoms with Crippen molar-refractivity contribution in [3.63, 3.8) is 0 Å². The molecule has 20 heavy (non-hydrogen) atoms. The van der Waals surface area contributed by atoms with Gasteiger partial charge in [-0.3, -0.25) is 4.79 Å². The second kappa shape index (κ2) is 6.66. The van der Waals surface area contributed by atoms with Gasteiger partial charge in [-0.15, -0.1) is 0 Å².